The van der Waals surface area contributed by atoms with Crippen molar-refractivity contribution in [2.45, 2.75) is 6.85 Å². The fraction of sp³-hybridized carbons (Fsp3) is 0.143. The summed E-state index contributed by atoms with van der Waals surface area (Å²) in [4.78, 5) is 14.6. The van der Waals surface area contributed by atoms with Gasteiger partial charge in [0.15, 0.2) is 5.78 Å². The highest BCUT2D eigenvalue weighted by Gasteiger charge is 1.94. The monoisotopic (exact) mass is 128 g/mol. The highest BCUT2D eigenvalue weighted by molar-refractivity contribution is 5.91. The molecule has 0 atom stereocenters. The first-order valence-corrected chi connectivity index (χ1v) is 2.15. The average Bonchev–Trinajstić information content (AvgIpc) is 2.18. The van der Waals surface area contributed by atoms with Crippen molar-refractivity contribution in [1.29, 1.82) is 0 Å². The molecule has 0 radical (unpaired) electrons. The van der Waals surface area contributed by atoms with E-state index in [1.807, 2.05) is 0 Å². The van der Waals surface area contributed by atoms with Gasteiger partial charge in [-0.1, -0.05) is 6.04 Å². The van der Waals surface area contributed by atoms with Crippen LogP contribution in [0.25, 0.3) is 0 Å². The first kappa shape index (κ1) is 1.66. The Morgan fingerprint density at radius 3 is 3.56 bits per heavy atom. The molecule has 0 amide bonds. The molecule has 0 spiro atoms. The Balaban J connectivity index is 3.43. The van der Waals surface area contributed by atoms with Gasteiger partial charge in [0.2, 0.25) is 0 Å². The lowest BCUT2D eigenvalue weighted by molar-refractivity contribution is 0.101. The van der Waals surface area contributed by atoms with Gasteiger partial charge in [0.1, 0.15) is 5.69 Å². The molecule has 1 aromatic rings. The van der Waals surface area contributed by atoms with Crippen molar-refractivity contribution in [1.82, 2.24) is 4.98 Å². The molecule has 9 heavy (non-hydrogen) atoms. The van der Waals surface area contributed by atoms with Crippen molar-refractivity contribution in [3.05, 3.63) is 30.0 Å². The molecule has 0 unspecified atom stereocenters. The minimum atomic E-state index is -2.97. The lowest BCUT2D eigenvalue weighted by atomic mass is 10.3. The molecule has 0 aliphatic heterocycles. The number of nitrogens with zero attached hydrogens (tertiary/aromatic N) is 1. The Morgan fingerprint density at radius 1 is 1.89 bits per heavy atom. The van der Waals surface area contributed by atoms with Gasteiger partial charge in [-0.15, -0.1) is 0 Å². The van der Waals surface area contributed by atoms with Gasteiger partial charge in [0.05, 0.1) is 5.48 Å². The number of aromatic nitrogens is 1. The maximum absolute atomic E-state index is 11.3. The van der Waals surface area contributed by atoms with Crippen LogP contribution in [0.15, 0.2) is 24.3 Å². The van der Waals surface area contributed by atoms with Crippen molar-refractivity contribution in [3.8, 4) is 0 Å². The topological polar surface area (TPSA) is 30.0 Å². The second kappa shape index (κ2) is 2.40. The Kier molecular flexibility index (Phi) is 0.441. The molecule has 0 bridgehead atoms. The van der Waals surface area contributed by atoms with Crippen LogP contribution in [0, 0.1) is 0 Å². The van der Waals surface area contributed by atoms with Gasteiger partial charge >= 0.3 is 0 Å². The van der Waals surface area contributed by atoms with Crippen molar-refractivity contribution < 1.29 is 14.4 Å². The molecule has 1 heterocycles. The zero-order valence-corrected chi connectivity index (χ0v) is 4.36. The standard InChI is InChI=1S/C7H7NO/c1-6(9)7-4-2-3-5-8-7/h2-5H,1H3/i1D3,2D,3D,4D,5D. The van der Waals surface area contributed by atoms with E-state index in [0.717, 1.165) is 0 Å². The molecule has 0 aromatic carbocycles. The maximum atomic E-state index is 11.3. The van der Waals surface area contributed by atoms with Crippen molar-refractivity contribution >= 4 is 5.78 Å². The average molecular weight is 128 g/mol. The molecular weight excluding hydrogens is 114 g/mol. The molecule has 0 fully saturated rings. The normalized spacial score (nSPS) is 21.6. The van der Waals surface area contributed by atoms with E-state index < -0.39 is 42.6 Å². The zero-order chi connectivity index (χ0) is 12.7. The van der Waals surface area contributed by atoms with Crippen LogP contribution in [-0.2, 0) is 0 Å². The van der Waals surface area contributed by atoms with Gasteiger partial charge < -0.3 is 0 Å². The number of rotatable bonds is 1. The fourth-order valence-electron chi connectivity index (χ4n) is 0.338. The van der Waals surface area contributed by atoms with Crippen LogP contribution in [0.5, 0.6) is 0 Å². The second-order valence-electron chi connectivity index (χ2n) is 1.28. The van der Waals surface area contributed by atoms with E-state index in [4.69, 9.17) is 9.60 Å². The van der Waals surface area contributed by atoms with Crippen LogP contribution in [0.4, 0.5) is 0 Å². The van der Waals surface area contributed by atoms with Gasteiger partial charge in [-0.05, 0) is 12.1 Å². The lowest BCUT2D eigenvalue weighted by Crippen LogP contribution is -1.93. The Morgan fingerprint density at radius 2 is 2.78 bits per heavy atom. The minimum absolute atomic E-state index is 0.605. The highest BCUT2D eigenvalue weighted by Crippen LogP contribution is 1.92. The summed E-state index contributed by atoms with van der Waals surface area (Å²) < 4.78 is 49.5. The van der Waals surface area contributed by atoms with Crippen LogP contribution in [0.2, 0.25) is 0 Å². The molecule has 46 valence electrons. The molecule has 0 aliphatic carbocycles. The summed E-state index contributed by atoms with van der Waals surface area (Å²) in [5.74, 6) is -1.39. The van der Waals surface area contributed by atoms with Gasteiger partial charge in [-0.2, -0.15) is 0 Å². The molecule has 0 saturated carbocycles. The van der Waals surface area contributed by atoms with E-state index in [1.54, 1.807) is 0 Å². The summed E-state index contributed by atoms with van der Waals surface area (Å²) in [6, 6.07) is -2.01. The van der Waals surface area contributed by atoms with E-state index in [2.05, 4.69) is 4.98 Å². The van der Waals surface area contributed by atoms with Crippen LogP contribution in [0.1, 0.15) is 26.9 Å². The maximum Gasteiger partial charge on any atom is 0.178 e. The lowest BCUT2D eigenvalue weighted by Gasteiger charge is -1.88. The van der Waals surface area contributed by atoms with Gasteiger partial charge in [0, 0.05) is 17.1 Å². The van der Waals surface area contributed by atoms with Crippen LogP contribution >= 0.6 is 0 Å². The zero-order valence-electron chi connectivity index (χ0n) is 11.4. The molecule has 0 saturated heterocycles. The number of carbonyl (C=O) groups excluding carboxylic acids is 1. The summed E-state index contributed by atoms with van der Waals surface area (Å²) >= 11 is 0. The molecule has 1 aromatic heterocycles. The summed E-state index contributed by atoms with van der Waals surface area (Å²) in [5.41, 5.74) is -0.758. The Bertz CT molecular complexity index is 453. The van der Waals surface area contributed by atoms with Crippen LogP contribution < -0.4 is 0 Å². The van der Waals surface area contributed by atoms with Gasteiger partial charge in [0.25, 0.3) is 0 Å². The van der Waals surface area contributed by atoms with E-state index in [-0.39, 0.29) is 0 Å². The largest absolute Gasteiger partial charge is 0.293 e. The van der Waals surface area contributed by atoms with Gasteiger partial charge in [-0.3, -0.25) is 9.78 Å². The van der Waals surface area contributed by atoms with Crippen molar-refractivity contribution in [3.63, 3.8) is 0 Å². The van der Waals surface area contributed by atoms with E-state index in [9.17, 15) is 4.79 Å². The molecule has 0 aliphatic rings. The fourth-order valence-corrected chi connectivity index (χ4v) is 0.338. The summed E-state index contributed by atoms with van der Waals surface area (Å²) in [6.45, 7) is -2.97. The van der Waals surface area contributed by atoms with Gasteiger partial charge in [-0.25, -0.2) is 0 Å². The summed E-state index contributed by atoms with van der Waals surface area (Å²) in [5, 5.41) is 0. The van der Waals surface area contributed by atoms with E-state index in [0.29, 0.717) is 0 Å². The van der Waals surface area contributed by atoms with E-state index >= 15 is 0 Å². The number of hydrogen-bond donors (Lipinski definition) is 0. The summed E-state index contributed by atoms with van der Waals surface area (Å²) in [7, 11) is 0. The predicted octanol–water partition coefficient (Wildman–Crippen LogP) is 1.28. The molecule has 2 nitrogen and oxygen atoms in total. The number of carbonyl (C=O) groups is 1. The molecule has 2 heteroatoms. The predicted molar refractivity (Wildman–Crippen MR) is 34.2 cm³/mol. The summed E-state index contributed by atoms with van der Waals surface area (Å²) in [6.07, 6.45) is -0.686. The van der Waals surface area contributed by atoms with Crippen LogP contribution in [0.3, 0.4) is 0 Å². The Hall–Kier alpha value is -1.18. The van der Waals surface area contributed by atoms with Crippen molar-refractivity contribution in [2.24, 2.45) is 0 Å². The van der Waals surface area contributed by atoms with E-state index in [1.165, 1.54) is 0 Å². The minimum Gasteiger partial charge on any atom is -0.293 e. The third-order valence-electron chi connectivity index (χ3n) is 0.682. The number of Topliss-reactive ketones (excluding diaryl/α,β-unsaturated/α-hetero) is 1. The van der Waals surface area contributed by atoms with Crippen molar-refractivity contribution in [2.75, 3.05) is 0 Å². The highest BCUT2D eigenvalue weighted by atomic mass is 16.1. The quantitative estimate of drug-likeness (QED) is 0.533. The number of pyridine rings is 1. The first-order valence-electron chi connectivity index (χ1n) is 5.65. The smallest absolute Gasteiger partial charge is 0.178 e. The molecule has 0 N–H and O–H groups in total. The first-order chi connectivity index (χ1) is 7.16. The third kappa shape index (κ3) is 1.35. The van der Waals surface area contributed by atoms with Crippen LogP contribution in [-0.4, -0.2) is 10.8 Å². The number of ketones is 1. The molecular formula is C7H7NO. The second-order valence-corrected chi connectivity index (χ2v) is 1.28. The Labute approximate surface area is 63.4 Å². The molecule has 1 rings (SSSR count). The third-order valence-corrected chi connectivity index (χ3v) is 0.682. The number of hydrogen-bond acceptors (Lipinski definition) is 2. The SMILES string of the molecule is [2H]c1nc(C(=O)C([2H])([2H])[2H])c([2H])c([2H])c1[2H].